The fourth-order valence-corrected chi connectivity index (χ4v) is 2.68. The molecule has 2 N–H and O–H groups in total. The van der Waals surface area contributed by atoms with Gasteiger partial charge in [0.25, 0.3) is 0 Å². The second-order valence-corrected chi connectivity index (χ2v) is 7.34. The van der Waals surface area contributed by atoms with Crippen molar-refractivity contribution in [1.29, 1.82) is 0 Å². The minimum Gasteiger partial charge on any atom is -0.393 e. The molecule has 1 heterocycles. The number of hydrogen-bond donors (Lipinski definition) is 2. The van der Waals surface area contributed by atoms with Gasteiger partial charge in [0.15, 0.2) is 0 Å². The smallest absolute Gasteiger partial charge is 0.317 e. The quantitative estimate of drug-likeness (QED) is 0.763. The van der Waals surface area contributed by atoms with E-state index >= 15 is 0 Å². The summed E-state index contributed by atoms with van der Waals surface area (Å²) < 4.78 is 0. The summed E-state index contributed by atoms with van der Waals surface area (Å²) in [4.78, 5) is 13.9. The Morgan fingerprint density at radius 2 is 2.10 bits per heavy atom. The molecule has 0 bridgehead atoms. The van der Waals surface area contributed by atoms with Gasteiger partial charge in [0.2, 0.25) is 0 Å². The average molecular weight is 284 g/mol. The molecule has 2 atom stereocenters. The topological polar surface area (TPSA) is 52.6 Å². The molecule has 4 heteroatoms. The third kappa shape index (κ3) is 6.60. The van der Waals surface area contributed by atoms with Crippen molar-refractivity contribution in [2.24, 2.45) is 11.3 Å². The zero-order valence-corrected chi connectivity index (χ0v) is 13.6. The Balaban J connectivity index is 2.19. The van der Waals surface area contributed by atoms with E-state index in [0.717, 1.165) is 38.8 Å². The molecule has 1 rings (SSSR count). The van der Waals surface area contributed by atoms with Crippen molar-refractivity contribution in [1.82, 2.24) is 10.2 Å². The lowest BCUT2D eigenvalue weighted by Crippen LogP contribution is -2.47. The highest BCUT2D eigenvalue weighted by Gasteiger charge is 2.26. The molecular weight excluding hydrogens is 252 g/mol. The zero-order valence-electron chi connectivity index (χ0n) is 13.6. The average Bonchev–Trinajstić information content (AvgIpc) is 2.37. The number of aliphatic hydroxyl groups excluding tert-OH is 1. The minimum absolute atomic E-state index is 0.0334. The second-order valence-electron chi connectivity index (χ2n) is 7.34. The summed E-state index contributed by atoms with van der Waals surface area (Å²) in [6.07, 6.45) is 5.07. The van der Waals surface area contributed by atoms with E-state index in [1.807, 2.05) is 11.8 Å². The molecule has 1 aliphatic heterocycles. The Labute approximate surface area is 123 Å². The highest BCUT2D eigenvalue weighted by molar-refractivity contribution is 5.74. The van der Waals surface area contributed by atoms with Crippen molar-refractivity contribution < 1.29 is 9.90 Å². The third-order valence-electron chi connectivity index (χ3n) is 4.06. The molecule has 2 amide bonds. The van der Waals surface area contributed by atoms with E-state index in [9.17, 15) is 9.90 Å². The highest BCUT2D eigenvalue weighted by atomic mass is 16.3. The van der Waals surface area contributed by atoms with Crippen LogP contribution in [-0.4, -0.2) is 41.8 Å². The van der Waals surface area contributed by atoms with Crippen molar-refractivity contribution in [3.8, 4) is 0 Å². The first-order valence-electron chi connectivity index (χ1n) is 8.00. The first-order valence-corrected chi connectivity index (χ1v) is 8.00. The summed E-state index contributed by atoms with van der Waals surface area (Å²) in [6.45, 7) is 10.8. The summed E-state index contributed by atoms with van der Waals surface area (Å²) in [5.41, 5.74) is 0.376. The molecular formula is C16H32N2O2. The van der Waals surface area contributed by atoms with Crippen LogP contribution in [0.4, 0.5) is 4.79 Å². The van der Waals surface area contributed by atoms with E-state index in [0.29, 0.717) is 12.0 Å². The molecule has 1 saturated heterocycles. The van der Waals surface area contributed by atoms with Gasteiger partial charge in [-0.05, 0) is 38.0 Å². The summed E-state index contributed by atoms with van der Waals surface area (Å²) in [6, 6.07) is 0.0334. The predicted octanol–water partition coefficient (Wildman–Crippen LogP) is 3.01. The highest BCUT2D eigenvalue weighted by Crippen LogP contribution is 2.21. The molecule has 4 nitrogen and oxygen atoms in total. The van der Waals surface area contributed by atoms with Crippen LogP contribution in [0, 0.1) is 11.3 Å². The summed E-state index contributed by atoms with van der Waals surface area (Å²) in [5.74, 6) is 0.232. The van der Waals surface area contributed by atoms with Crippen LogP contribution in [-0.2, 0) is 0 Å². The number of piperidine rings is 1. The van der Waals surface area contributed by atoms with Crippen LogP contribution in [0.2, 0.25) is 0 Å². The molecule has 20 heavy (non-hydrogen) atoms. The molecule has 1 aliphatic rings. The molecule has 0 aliphatic carbocycles. The van der Waals surface area contributed by atoms with E-state index < -0.39 is 0 Å². The molecule has 0 spiro atoms. The number of nitrogens with one attached hydrogen (secondary N) is 1. The summed E-state index contributed by atoms with van der Waals surface area (Å²) in [7, 11) is 0. The van der Waals surface area contributed by atoms with Crippen LogP contribution in [0.1, 0.15) is 59.8 Å². The maximum Gasteiger partial charge on any atom is 0.317 e. The molecule has 0 aromatic heterocycles. The maximum atomic E-state index is 12.1. The molecule has 0 radical (unpaired) electrons. The molecule has 118 valence electrons. The van der Waals surface area contributed by atoms with Gasteiger partial charge in [-0.15, -0.1) is 0 Å². The van der Waals surface area contributed by atoms with Crippen LogP contribution < -0.4 is 5.32 Å². The maximum absolute atomic E-state index is 12.1. The van der Waals surface area contributed by atoms with Gasteiger partial charge in [-0.2, -0.15) is 0 Å². The van der Waals surface area contributed by atoms with Gasteiger partial charge in [0.05, 0.1) is 6.10 Å². The van der Waals surface area contributed by atoms with Crippen LogP contribution >= 0.6 is 0 Å². The molecule has 2 unspecified atom stereocenters. The normalized spacial score (nSPS) is 21.6. The lowest BCUT2D eigenvalue weighted by molar-refractivity contribution is 0.0739. The lowest BCUT2D eigenvalue weighted by atomic mass is 9.90. The number of hydrogen-bond acceptors (Lipinski definition) is 2. The predicted molar refractivity (Wildman–Crippen MR) is 82.7 cm³/mol. The van der Waals surface area contributed by atoms with Gasteiger partial charge < -0.3 is 15.3 Å². The third-order valence-corrected chi connectivity index (χ3v) is 4.06. The van der Waals surface area contributed by atoms with Gasteiger partial charge in [0, 0.05) is 25.6 Å². The fourth-order valence-electron chi connectivity index (χ4n) is 2.68. The SMILES string of the molecule is CC(O)C1CCCN(C(=O)NCCCCC(C)(C)C)C1. The Bertz CT molecular complexity index is 297. The minimum atomic E-state index is -0.322. The van der Waals surface area contributed by atoms with Crippen LogP contribution in [0.3, 0.4) is 0 Å². The monoisotopic (exact) mass is 284 g/mol. The Morgan fingerprint density at radius 3 is 2.70 bits per heavy atom. The van der Waals surface area contributed by atoms with Gasteiger partial charge in [-0.1, -0.05) is 27.2 Å². The zero-order chi connectivity index (χ0) is 15.2. The van der Waals surface area contributed by atoms with Gasteiger partial charge in [-0.25, -0.2) is 4.79 Å². The van der Waals surface area contributed by atoms with Crippen molar-refractivity contribution in [2.45, 2.75) is 65.9 Å². The van der Waals surface area contributed by atoms with E-state index in [1.54, 1.807) is 0 Å². The van der Waals surface area contributed by atoms with E-state index in [-0.39, 0.29) is 18.1 Å². The summed E-state index contributed by atoms with van der Waals surface area (Å²) >= 11 is 0. The second kappa shape index (κ2) is 7.87. The van der Waals surface area contributed by atoms with Crippen molar-refractivity contribution in [2.75, 3.05) is 19.6 Å². The lowest BCUT2D eigenvalue weighted by Gasteiger charge is -2.34. The van der Waals surface area contributed by atoms with Gasteiger partial charge >= 0.3 is 6.03 Å². The Kier molecular flexibility index (Phi) is 6.80. The molecule has 0 saturated carbocycles. The standard InChI is InChI=1S/C16H32N2O2/c1-13(19)14-8-7-11-18(12-14)15(20)17-10-6-5-9-16(2,3)4/h13-14,19H,5-12H2,1-4H3,(H,17,20). The number of nitrogens with zero attached hydrogens (tertiary/aromatic N) is 1. The van der Waals surface area contributed by atoms with Crippen molar-refractivity contribution >= 4 is 6.03 Å². The number of likely N-dealkylation sites (tertiary alicyclic amines) is 1. The van der Waals surface area contributed by atoms with Crippen molar-refractivity contribution in [3.05, 3.63) is 0 Å². The van der Waals surface area contributed by atoms with E-state index in [2.05, 4.69) is 26.1 Å². The molecule has 0 aromatic carbocycles. The Morgan fingerprint density at radius 1 is 1.40 bits per heavy atom. The number of amides is 2. The first-order chi connectivity index (χ1) is 9.29. The van der Waals surface area contributed by atoms with Crippen LogP contribution in [0.25, 0.3) is 0 Å². The number of aliphatic hydroxyl groups is 1. The van der Waals surface area contributed by atoms with Gasteiger partial charge in [-0.3, -0.25) is 0 Å². The molecule has 1 fully saturated rings. The number of carbonyl (C=O) groups excluding carboxylic acids is 1. The number of unbranched alkanes of at least 4 members (excludes halogenated alkanes) is 1. The number of rotatable bonds is 5. The van der Waals surface area contributed by atoms with Gasteiger partial charge in [0.1, 0.15) is 0 Å². The largest absolute Gasteiger partial charge is 0.393 e. The van der Waals surface area contributed by atoms with Crippen LogP contribution in [0.5, 0.6) is 0 Å². The fraction of sp³-hybridized carbons (Fsp3) is 0.938. The first kappa shape index (κ1) is 17.3. The summed E-state index contributed by atoms with van der Waals surface area (Å²) in [5, 5.41) is 12.6. The van der Waals surface area contributed by atoms with Crippen molar-refractivity contribution in [3.63, 3.8) is 0 Å². The molecule has 0 aromatic rings. The van der Waals surface area contributed by atoms with Crippen LogP contribution in [0.15, 0.2) is 0 Å². The van der Waals surface area contributed by atoms with E-state index in [4.69, 9.17) is 0 Å². The Hall–Kier alpha value is -0.770. The number of carbonyl (C=O) groups is 1. The number of urea groups is 1. The van der Waals surface area contributed by atoms with E-state index in [1.165, 1.54) is 6.42 Å².